The van der Waals surface area contributed by atoms with E-state index in [0.717, 1.165) is 16.5 Å². The Labute approximate surface area is 172 Å². The summed E-state index contributed by atoms with van der Waals surface area (Å²) in [6, 6.07) is 11.6. The van der Waals surface area contributed by atoms with Crippen molar-refractivity contribution in [2.45, 2.75) is 18.4 Å². The molecule has 3 aromatic rings. The van der Waals surface area contributed by atoms with Crippen molar-refractivity contribution in [3.05, 3.63) is 57.9 Å². The maximum absolute atomic E-state index is 12.6. The van der Waals surface area contributed by atoms with Gasteiger partial charge in [-0.2, -0.15) is 4.99 Å². The Bertz CT molecular complexity index is 1200. The predicted molar refractivity (Wildman–Crippen MR) is 111 cm³/mol. The van der Waals surface area contributed by atoms with Crippen LogP contribution in [0.15, 0.2) is 52.4 Å². The number of nitrogens with zero attached hydrogens (tertiary/aromatic N) is 2. The molecule has 0 radical (unpaired) electrons. The van der Waals surface area contributed by atoms with Crippen molar-refractivity contribution in [2.75, 3.05) is 19.5 Å². The van der Waals surface area contributed by atoms with Gasteiger partial charge in [0.25, 0.3) is 5.91 Å². The molecule has 28 heavy (non-hydrogen) atoms. The second-order valence-electron chi connectivity index (χ2n) is 6.03. The molecule has 9 heteroatoms. The molecular weight excluding hydrogens is 420 g/mol. The van der Waals surface area contributed by atoms with Crippen LogP contribution in [0.25, 0.3) is 10.2 Å². The molecule has 148 valence electrons. The minimum absolute atomic E-state index is 0.224. The average molecular weight is 439 g/mol. The zero-order valence-corrected chi connectivity index (χ0v) is 17.8. The van der Waals surface area contributed by atoms with E-state index in [4.69, 9.17) is 16.3 Å². The number of benzene rings is 2. The summed E-state index contributed by atoms with van der Waals surface area (Å²) in [6.45, 7) is 3.41. The van der Waals surface area contributed by atoms with Gasteiger partial charge in [0.1, 0.15) is 0 Å². The van der Waals surface area contributed by atoms with E-state index in [-0.39, 0.29) is 4.90 Å². The molecule has 6 nitrogen and oxygen atoms in total. The molecule has 2 aromatic carbocycles. The number of halogens is 1. The second-order valence-corrected chi connectivity index (χ2v) is 9.46. The van der Waals surface area contributed by atoms with Crippen LogP contribution in [0, 0.1) is 0 Å². The first kappa shape index (κ1) is 20.7. The Hall–Kier alpha value is -2.00. The zero-order chi connectivity index (χ0) is 20.3. The fraction of sp³-hybridized carbons (Fsp3) is 0.263. The maximum atomic E-state index is 12.6. The lowest BCUT2D eigenvalue weighted by molar-refractivity contribution is 0.0996. The van der Waals surface area contributed by atoms with E-state index in [1.54, 1.807) is 42.5 Å². The zero-order valence-electron chi connectivity index (χ0n) is 15.4. The smallest absolute Gasteiger partial charge is 0.281 e. The molecule has 1 aromatic heterocycles. The molecule has 0 aliphatic rings. The highest BCUT2D eigenvalue weighted by molar-refractivity contribution is 7.90. The lowest BCUT2D eigenvalue weighted by atomic mass is 10.2. The van der Waals surface area contributed by atoms with Crippen LogP contribution in [-0.4, -0.2) is 38.4 Å². The average Bonchev–Trinajstić information content (AvgIpc) is 2.98. The van der Waals surface area contributed by atoms with E-state index in [1.807, 2.05) is 11.5 Å². The van der Waals surface area contributed by atoms with Crippen molar-refractivity contribution in [3.63, 3.8) is 0 Å². The first-order valence-corrected chi connectivity index (χ1v) is 11.6. The highest BCUT2D eigenvalue weighted by Gasteiger charge is 2.14. The van der Waals surface area contributed by atoms with Crippen LogP contribution in [0.1, 0.15) is 17.3 Å². The van der Waals surface area contributed by atoms with Gasteiger partial charge in [-0.3, -0.25) is 4.79 Å². The van der Waals surface area contributed by atoms with Gasteiger partial charge in [-0.05, 0) is 37.3 Å². The van der Waals surface area contributed by atoms with E-state index in [2.05, 4.69) is 4.99 Å². The van der Waals surface area contributed by atoms with Crippen LogP contribution in [0.2, 0.25) is 5.02 Å². The molecule has 0 aliphatic carbocycles. The highest BCUT2D eigenvalue weighted by atomic mass is 35.5. The van der Waals surface area contributed by atoms with Crippen LogP contribution >= 0.6 is 22.9 Å². The summed E-state index contributed by atoms with van der Waals surface area (Å²) >= 11 is 7.36. The molecule has 0 aliphatic heterocycles. The lowest BCUT2D eigenvalue weighted by Crippen LogP contribution is -2.19. The minimum Gasteiger partial charge on any atom is -0.380 e. The topological polar surface area (TPSA) is 77.7 Å². The Balaban J connectivity index is 2.14. The number of thiazole rings is 1. The summed E-state index contributed by atoms with van der Waals surface area (Å²) in [6.07, 6.45) is 1.16. The summed E-state index contributed by atoms with van der Waals surface area (Å²) in [4.78, 5) is 17.6. The van der Waals surface area contributed by atoms with Crippen molar-refractivity contribution in [2.24, 2.45) is 4.99 Å². The standard InChI is InChI=1S/C19H19ClN2O4S2/c1-3-26-11-10-22-16-9-8-13(28(2,24)25)12-17(16)27-19(22)21-18(23)14-6-4-5-7-15(14)20/h4-9,12H,3,10-11H2,1-2H3. The van der Waals surface area contributed by atoms with Crippen molar-refractivity contribution >= 4 is 48.9 Å². The van der Waals surface area contributed by atoms with Crippen molar-refractivity contribution in [1.29, 1.82) is 0 Å². The van der Waals surface area contributed by atoms with Crippen LogP contribution < -0.4 is 4.80 Å². The summed E-state index contributed by atoms with van der Waals surface area (Å²) in [7, 11) is -3.33. The number of fused-ring (bicyclic) bond motifs is 1. The van der Waals surface area contributed by atoms with Gasteiger partial charge in [-0.15, -0.1) is 0 Å². The van der Waals surface area contributed by atoms with Gasteiger partial charge in [0, 0.05) is 19.4 Å². The fourth-order valence-electron chi connectivity index (χ4n) is 2.67. The number of amides is 1. The second kappa shape index (κ2) is 8.57. The number of hydrogen-bond acceptors (Lipinski definition) is 5. The van der Waals surface area contributed by atoms with Crippen LogP contribution in [0.3, 0.4) is 0 Å². The van der Waals surface area contributed by atoms with E-state index in [1.165, 1.54) is 11.3 Å². The SMILES string of the molecule is CCOCCn1c(=NC(=O)c2ccccc2Cl)sc2cc(S(C)(=O)=O)ccc21. The molecule has 1 amide bonds. The van der Waals surface area contributed by atoms with Crippen LogP contribution in [0.5, 0.6) is 0 Å². The molecule has 0 saturated heterocycles. The number of rotatable bonds is 6. The van der Waals surface area contributed by atoms with E-state index in [9.17, 15) is 13.2 Å². The third kappa shape index (κ3) is 4.52. The van der Waals surface area contributed by atoms with Crippen LogP contribution in [-0.2, 0) is 21.1 Å². The van der Waals surface area contributed by atoms with Gasteiger partial charge in [0.2, 0.25) is 0 Å². The monoisotopic (exact) mass is 438 g/mol. The number of hydrogen-bond donors (Lipinski definition) is 0. The molecule has 1 heterocycles. The molecule has 0 N–H and O–H groups in total. The van der Waals surface area contributed by atoms with E-state index >= 15 is 0 Å². The van der Waals surface area contributed by atoms with Crippen LogP contribution in [0.4, 0.5) is 0 Å². The summed E-state index contributed by atoms with van der Waals surface area (Å²) in [5.74, 6) is -0.453. The highest BCUT2D eigenvalue weighted by Crippen LogP contribution is 2.22. The van der Waals surface area contributed by atoms with Gasteiger partial charge in [0.15, 0.2) is 14.6 Å². The predicted octanol–water partition coefficient (Wildman–Crippen LogP) is 3.54. The molecule has 3 rings (SSSR count). The third-order valence-electron chi connectivity index (χ3n) is 4.05. The van der Waals surface area contributed by atoms with Crippen molar-refractivity contribution < 1.29 is 17.9 Å². The first-order chi connectivity index (χ1) is 13.3. The van der Waals surface area contributed by atoms with Gasteiger partial charge < -0.3 is 9.30 Å². The number of aromatic nitrogens is 1. The largest absolute Gasteiger partial charge is 0.380 e. The summed E-state index contributed by atoms with van der Waals surface area (Å²) in [5.41, 5.74) is 1.11. The Kier molecular flexibility index (Phi) is 6.34. The Morgan fingerprint density at radius 2 is 2.00 bits per heavy atom. The fourth-order valence-corrected chi connectivity index (χ4v) is 4.70. The van der Waals surface area contributed by atoms with Crippen molar-refractivity contribution in [3.8, 4) is 0 Å². The molecule has 0 spiro atoms. The van der Waals surface area contributed by atoms with E-state index in [0.29, 0.717) is 35.1 Å². The number of carbonyl (C=O) groups excluding carboxylic acids is 1. The van der Waals surface area contributed by atoms with Gasteiger partial charge in [-0.25, -0.2) is 8.42 Å². The number of carbonyl (C=O) groups is 1. The maximum Gasteiger partial charge on any atom is 0.281 e. The quantitative estimate of drug-likeness (QED) is 0.551. The normalized spacial score (nSPS) is 12.6. The molecule has 0 bridgehead atoms. The van der Waals surface area contributed by atoms with Gasteiger partial charge in [0.05, 0.1) is 32.3 Å². The Morgan fingerprint density at radius 1 is 1.25 bits per heavy atom. The third-order valence-corrected chi connectivity index (χ3v) is 6.53. The molecule has 0 atom stereocenters. The Morgan fingerprint density at radius 3 is 2.68 bits per heavy atom. The molecule has 0 unspecified atom stereocenters. The summed E-state index contributed by atoms with van der Waals surface area (Å²) in [5, 5.41) is 0.331. The number of sulfone groups is 1. The van der Waals surface area contributed by atoms with Crippen molar-refractivity contribution in [1.82, 2.24) is 4.57 Å². The van der Waals surface area contributed by atoms with Gasteiger partial charge >= 0.3 is 0 Å². The summed E-state index contributed by atoms with van der Waals surface area (Å²) < 4.78 is 31.8. The first-order valence-electron chi connectivity index (χ1n) is 8.56. The van der Waals surface area contributed by atoms with Gasteiger partial charge in [-0.1, -0.05) is 35.1 Å². The lowest BCUT2D eigenvalue weighted by Gasteiger charge is -2.06. The molecular formula is C19H19ClN2O4S2. The van der Waals surface area contributed by atoms with E-state index < -0.39 is 15.7 Å². The molecule has 0 fully saturated rings. The number of ether oxygens (including phenoxy) is 1. The minimum atomic E-state index is -3.33. The molecule has 0 saturated carbocycles.